The SMILES string of the molecule is CCOc1ccc(C)cc1S(=O)(=O)N1CCN(c2ccc(C)cc2)CC1. The fraction of sp³-hybridized carbons (Fsp3) is 0.400. The van der Waals surface area contributed by atoms with E-state index >= 15 is 0 Å². The molecule has 1 saturated heterocycles. The topological polar surface area (TPSA) is 49.9 Å². The van der Waals surface area contributed by atoms with E-state index in [4.69, 9.17) is 4.74 Å². The third-order valence-corrected chi connectivity index (χ3v) is 6.57. The number of benzene rings is 2. The van der Waals surface area contributed by atoms with E-state index in [9.17, 15) is 8.42 Å². The largest absolute Gasteiger partial charge is 0.492 e. The Hall–Kier alpha value is -2.05. The summed E-state index contributed by atoms with van der Waals surface area (Å²) in [5.74, 6) is 0.430. The third kappa shape index (κ3) is 3.86. The summed E-state index contributed by atoms with van der Waals surface area (Å²) in [6.07, 6.45) is 0. The van der Waals surface area contributed by atoms with E-state index in [1.807, 2.05) is 19.9 Å². The maximum absolute atomic E-state index is 13.2. The number of rotatable bonds is 5. The van der Waals surface area contributed by atoms with Gasteiger partial charge in [0.25, 0.3) is 0 Å². The lowest BCUT2D eigenvalue weighted by Crippen LogP contribution is -2.48. The minimum Gasteiger partial charge on any atom is -0.492 e. The zero-order chi connectivity index (χ0) is 18.7. The van der Waals surface area contributed by atoms with Gasteiger partial charge in [0.05, 0.1) is 6.61 Å². The minimum atomic E-state index is -3.57. The molecule has 5 nitrogen and oxygen atoms in total. The molecule has 0 spiro atoms. The summed E-state index contributed by atoms with van der Waals surface area (Å²) in [4.78, 5) is 2.49. The van der Waals surface area contributed by atoms with Gasteiger partial charge in [0.15, 0.2) is 0 Å². The van der Waals surface area contributed by atoms with Gasteiger partial charge in [-0.15, -0.1) is 0 Å². The number of hydrogen-bond acceptors (Lipinski definition) is 4. The van der Waals surface area contributed by atoms with Gasteiger partial charge in [-0.2, -0.15) is 4.31 Å². The first-order valence-corrected chi connectivity index (χ1v) is 10.4. The third-order valence-electron chi connectivity index (χ3n) is 4.65. The molecule has 1 aliphatic rings. The van der Waals surface area contributed by atoms with Gasteiger partial charge in [-0.05, 0) is 50.6 Å². The molecule has 0 aromatic heterocycles. The van der Waals surface area contributed by atoms with Crippen molar-refractivity contribution in [2.45, 2.75) is 25.7 Å². The van der Waals surface area contributed by atoms with Gasteiger partial charge in [-0.3, -0.25) is 0 Å². The second-order valence-electron chi connectivity index (χ2n) is 6.61. The van der Waals surface area contributed by atoms with Gasteiger partial charge in [0.1, 0.15) is 10.6 Å². The first-order chi connectivity index (χ1) is 12.4. The van der Waals surface area contributed by atoms with E-state index in [2.05, 4.69) is 36.1 Å². The standard InChI is InChI=1S/C20H26N2O3S/c1-4-25-19-10-7-17(3)15-20(19)26(23,24)22-13-11-21(12-14-22)18-8-5-16(2)6-9-18/h5-10,15H,4,11-14H2,1-3H3. The fourth-order valence-electron chi connectivity index (χ4n) is 3.17. The molecular weight excluding hydrogens is 348 g/mol. The molecule has 1 aliphatic heterocycles. The van der Waals surface area contributed by atoms with Crippen LogP contribution >= 0.6 is 0 Å². The maximum atomic E-state index is 13.2. The summed E-state index contributed by atoms with van der Waals surface area (Å²) in [5, 5.41) is 0. The molecule has 0 aliphatic carbocycles. The van der Waals surface area contributed by atoms with Crippen LogP contribution < -0.4 is 9.64 Å². The van der Waals surface area contributed by atoms with E-state index in [1.54, 1.807) is 16.4 Å². The second-order valence-corrected chi connectivity index (χ2v) is 8.52. The Bertz CT molecular complexity index is 855. The molecule has 6 heteroatoms. The van der Waals surface area contributed by atoms with Gasteiger partial charge in [-0.1, -0.05) is 23.8 Å². The summed E-state index contributed by atoms with van der Waals surface area (Å²) in [6, 6.07) is 13.7. The van der Waals surface area contributed by atoms with Crippen LogP contribution in [0.5, 0.6) is 5.75 Å². The Morgan fingerprint density at radius 3 is 2.15 bits per heavy atom. The summed E-state index contributed by atoms with van der Waals surface area (Å²) in [5.41, 5.74) is 3.27. The van der Waals surface area contributed by atoms with E-state index in [0.717, 1.165) is 11.3 Å². The van der Waals surface area contributed by atoms with Crippen LogP contribution in [0.2, 0.25) is 0 Å². The number of nitrogens with zero attached hydrogens (tertiary/aromatic N) is 2. The molecule has 26 heavy (non-hydrogen) atoms. The maximum Gasteiger partial charge on any atom is 0.246 e. The van der Waals surface area contributed by atoms with Crippen molar-refractivity contribution < 1.29 is 13.2 Å². The van der Waals surface area contributed by atoms with Crippen LogP contribution in [0.3, 0.4) is 0 Å². The highest BCUT2D eigenvalue weighted by molar-refractivity contribution is 7.89. The number of piperazine rings is 1. The molecule has 1 fully saturated rings. The van der Waals surface area contributed by atoms with Crippen molar-refractivity contribution in [1.82, 2.24) is 4.31 Å². The molecule has 0 amide bonds. The van der Waals surface area contributed by atoms with Crippen molar-refractivity contribution in [1.29, 1.82) is 0 Å². The Morgan fingerprint density at radius 1 is 0.923 bits per heavy atom. The van der Waals surface area contributed by atoms with Crippen LogP contribution in [0.25, 0.3) is 0 Å². The van der Waals surface area contributed by atoms with Crippen LogP contribution in [-0.2, 0) is 10.0 Å². The van der Waals surface area contributed by atoms with Crippen molar-refractivity contribution in [3.8, 4) is 5.75 Å². The summed E-state index contributed by atoms with van der Waals surface area (Å²) in [6.45, 7) is 8.54. The van der Waals surface area contributed by atoms with E-state index in [-0.39, 0.29) is 4.90 Å². The highest BCUT2D eigenvalue weighted by Crippen LogP contribution is 2.29. The van der Waals surface area contributed by atoms with Crippen LogP contribution in [0.1, 0.15) is 18.1 Å². The lowest BCUT2D eigenvalue weighted by atomic mass is 10.2. The molecule has 3 rings (SSSR count). The summed E-state index contributed by atoms with van der Waals surface area (Å²) in [7, 11) is -3.57. The van der Waals surface area contributed by atoms with Crippen LogP contribution in [0, 0.1) is 13.8 Å². The quantitative estimate of drug-likeness (QED) is 0.806. The normalized spacial score (nSPS) is 15.9. The Labute approximate surface area is 156 Å². The van der Waals surface area contributed by atoms with Crippen molar-refractivity contribution in [2.24, 2.45) is 0 Å². The predicted octanol–water partition coefficient (Wildman–Crippen LogP) is 3.21. The van der Waals surface area contributed by atoms with Gasteiger partial charge in [-0.25, -0.2) is 8.42 Å². The smallest absolute Gasteiger partial charge is 0.246 e. The van der Waals surface area contributed by atoms with E-state index in [0.29, 0.717) is 38.5 Å². The lowest BCUT2D eigenvalue weighted by molar-refractivity contribution is 0.327. The van der Waals surface area contributed by atoms with E-state index < -0.39 is 10.0 Å². The van der Waals surface area contributed by atoms with Crippen LogP contribution in [0.15, 0.2) is 47.4 Å². The Kier molecular flexibility index (Phi) is 5.53. The average Bonchev–Trinajstić information content (AvgIpc) is 2.64. The number of aryl methyl sites for hydroxylation is 2. The zero-order valence-electron chi connectivity index (χ0n) is 15.6. The molecule has 140 valence electrons. The molecule has 2 aromatic rings. The minimum absolute atomic E-state index is 0.267. The number of sulfonamides is 1. The van der Waals surface area contributed by atoms with Gasteiger partial charge in [0.2, 0.25) is 10.0 Å². The molecule has 2 aromatic carbocycles. The molecule has 0 saturated carbocycles. The van der Waals surface area contributed by atoms with Crippen molar-refractivity contribution in [2.75, 3.05) is 37.7 Å². The molecule has 0 atom stereocenters. The van der Waals surface area contributed by atoms with Crippen molar-refractivity contribution >= 4 is 15.7 Å². The highest BCUT2D eigenvalue weighted by Gasteiger charge is 2.31. The molecule has 0 N–H and O–H groups in total. The molecule has 0 unspecified atom stereocenters. The highest BCUT2D eigenvalue weighted by atomic mass is 32.2. The summed E-state index contributed by atoms with van der Waals surface area (Å²) >= 11 is 0. The predicted molar refractivity (Wildman–Crippen MR) is 104 cm³/mol. The van der Waals surface area contributed by atoms with E-state index in [1.165, 1.54) is 5.56 Å². The Balaban J connectivity index is 1.78. The molecule has 0 radical (unpaired) electrons. The van der Waals surface area contributed by atoms with Gasteiger partial charge >= 0.3 is 0 Å². The van der Waals surface area contributed by atoms with Crippen molar-refractivity contribution in [3.63, 3.8) is 0 Å². The molecular formula is C20H26N2O3S. The fourth-order valence-corrected chi connectivity index (χ4v) is 4.81. The number of anilines is 1. The zero-order valence-corrected chi connectivity index (χ0v) is 16.4. The first-order valence-electron chi connectivity index (χ1n) is 8.97. The van der Waals surface area contributed by atoms with Gasteiger partial charge in [0, 0.05) is 31.9 Å². The van der Waals surface area contributed by atoms with Gasteiger partial charge < -0.3 is 9.64 Å². The monoisotopic (exact) mass is 374 g/mol. The summed E-state index contributed by atoms with van der Waals surface area (Å²) < 4.78 is 33.4. The average molecular weight is 375 g/mol. The van der Waals surface area contributed by atoms with Crippen LogP contribution in [0.4, 0.5) is 5.69 Å². The van der Waals surface area contributed by atoms with Crippen molar-refractivity contribution in [3.05, 3.63) is 53.6 Å². The second kappa shape index (κ2) is 7.68. The lowest BCUT2D eigenvalue weighted by Gasteiger charge is -2.35. The first kappa shape index (κ1) is 18.7. The Morgan fingerprint density at radius 2 is 1.54 bits per heavy atom. The number of ether oxygens (including phenoxy) is 1. The molecule has 1 heterocycles. The van der Waals surface area contributed by atoms with Crippen LogP contribution in [-0.4, -0.2) is 45.5 Å². The number of hydrogen-bond donors (Lipinski definition) is 0. The molecule has 0 bridgehead atoms.